The summed E-state index contributed by atoms with van der Waals surface area (Å²) in [6, 6.07) is 5.86. The van der Waals surface area contributed by atoms with Crippen molar-refractivity contribution in [1.29, 1.82) is 0 Å². The molecule has 0 aliphatic heterocycles. The molecule has 2 nitrogen and oxygen atoms in total. The SMILES string of the molecule is CC(C)(CN)C1CCCc2cccc(O)c21. The average Bonchev–Trinajstić information content (AvgIpc) is 2.29. The third-order valence-corrected chi connectivity index (χ3v) is 3.93. The minimum atomic E-state index is 0.0635. The summed E-state index contributed by atoms with van der Waals surface area (Å²) in [7, 11) is 0. The van der Waals surface area contributed by atoms with E-state index in [-0.39, 0.29) is 5.41 Å². The number of phenols is 1. The number of hydrogen-bond donors (Lipinski definition) is 2. The van der Waals surface area contributed by atoms with Gasteiger partial charge in [0.1, 0.15) is 5.75 Å². The summed E-state index contributed by atoms with van der Waals surface area (Å²) in [4.78, 5) is 0. The maximum absolute atomic E-state index is 10.0. The van der Waals surface area contributed by atoms with Gasteiger partial charge in [-0.3, -0.25) is 0 Å². The van der Waals surface area contributed by atoms with Gasteiger partial charge >= 0.3 is 0 Å². The Morgan fingerprint density at radius 1 is 1.44 bits per heavy atom. The van der Waals surface area contributed by atoms with Gasteiger partial charge in [-0.1, -0.05) is 26.0 Å². The first-order valence-corrected chi connectivity index (χ1v) is 6.07. The lowest BCUT2D eigenvalue weighted by molar-refractivity contribution is 0.262. The van der Waals surface area contributed by atoms with E-state index in [0.29, 0.717) is 18.2 Å². The van der Waals surface area contributed by atoms with E-state index in [2.05, 4.69) is 19.9 Å². The summed E-state index contributed by atoms with van der Waals surface area (Å²) in [5.74, 6) is 0.839. The van der Waals surface area contributed by atoms with Gasteiger partial charge in [-0.05, 0) is 48.8 Å². The third kappa shape index (κ3) is 1.82. The number of rotatable bonds is 2. The highest BCUT2D eigenvalue weighted by atomic mass is 16.3. The maximum atomic E-state index is 10.0. The lowest BCUT2D eigenvalue weighted by Gasteiger charge is -2.38. The van der Waals surface area contributed by atoms with Crippen LogP contribution in [0.2, 0.25) is 0 Å². The Hall–Kier alpha value is -1.02. The first kappa shape index (κ1) is 11.5. The summed E-state index contributed by atoms with van der Waals surface area (Å²) < 4.78 is 0. The molecule has 0 fully saturated rings. The Labute approximate surface area is 97.5 Å². The lowest BCUT2D eigenvalue weighted by Crippen LogP contribution is -2.33. The van der Waals surface area contributed by atoms with Crippen LogP contribution in [0.3, 0.4) is 0 Å². The largest absolute Gasteiger partial charge is 0.508 e. The molecule has 1 aromatic carbocycles. The average molecular weight is 219 g/mol. The predicted octanol–water partition coefficient (Wildman–Crippen LogP) is 2.80. The molecular weight excluding hydrogens is 198 g/mol. The van der Waals surface area contributed by atoms with E-state index in [4.69, 9.17) is 5.73 Å². The van der Waals surface area contributed by atoms with Gasteiger partial charge in [-0.2, -0.15) is 0 Å². The zero-order valence-electron chi connectivity index (χ0n) is 10.2. The zero-order valence-corrected chi connectivity index (χ0v) is 10.2. The van der Waals surface area contributed by atoms with Crippen LogP contribution in [0.5, 0.6) is 5.75 Å². The molecule has 0 spiro atoms. The number of nitrogens with two attached hydrogens (primary N) is 1. The van der Waals surface area contributed by atoms with Crippen molar-refractivity contribution in [2.75, 3.05) is 6.54 Å². The molecule has 0 amide bonds. The smallest absolute Gasteiger partial charge is 0.119 e. The second-order valence-electron chi connectivity index (χ2n) is 5.49. The van der Waals surface area contributed by atoms with E-state index in [1.807, 2.05) is 6.07 Å². The lowest BCUT2D eigenvalue weighted by atomic mass is 9.68. The molecule has 0 saturated carbocycles. The molecule has 0 bridgehead atoms. The van der Waals surface area contributed by atoms with E-state index >= 15 is 0 Å². The van der Waals surface area contributed by atoms with Crippen LogP contribution in [0.4, 0.5) is 0 Å². The first-order chi connectivity index (χ1) is 7.56. The van der Waals surface area contributed by atoms with Crippen molar-refractivity contribution >= 4 is 0 Å². The minimum Gasteiger partial charge on any atom is -0.508 e. The second kappa shape index (κ2) is 4.10. The van der Waals surface area contributed by atoms with Crippen LogP contribution in [0.15, 0.2) is 18.2 Å². The Morgan fingerprint density at radius 3 is 2.88 bits per heavy atom. The molecule has 3 N–H and O–H groups in total. The van der Waals surface area contributed by atoms with Crippen LogP contribution >= 0.6 is 0 Å². The Bertz CT molecular complexity index is 384. The van der Waals surface area contributed by atoms with Crippen LogP contribution in [0.25, 0.3) is 0 Å². The maximum Gasteiger partial charge on any atom is 0.119 e. The molecule has 88 valence electrons. The van der Waals surface area contributed by atoms with E-state index in [1.165, 1.54) is 12.0 Å². The molecule has 1 aromatic rings. The molecule has 16 heavy (non-hydrogen) atoms. The van der Waals surface area contributed by atoms with Crippen molar-refractivity contribution in [2.45, 2.75) is 39.0 Å². The first-order valence-electron chi connectivity index (χ1n) is 6.07. The monoisotopic (exact) mass is 219 g/mol. The zero-order chi connectivity index (χ0) is 11.8. The van der Waals surface area contributed by atoms with Crippen LogP contribution in [-0.2, 0) is 6.42 Å². The predicted molar refractivity (Wildman–Crippen MR) is 66.6 cm³/mol. The fraction of sp³-hybridized carbons (Fsp3) is 0.571. The van der Waals surface area contributed by atoms with Gasteiger partial charge in [0.05, 0.1) is 0 Å². The van der Waals surface area contributed by atoms with E-state index in [9.17, 15) is 5.11 Å². The van der Waals surface area contributed by atoms with Crippen molar-refractivity contribution in [3.63, 3.8) is 0 Å². The molecule has 2 heteroatoms. The molecule has 1 aliphatic rings. The molecule has 1 atom stereocenters. The Morgan fingerprint density at radius 2 is 2.19 bits per heavy atom. The quantitative estimate of drug-likeness (QED) is 0.803. The molecule has 0 saturated heterocycles. The van der Waals surface area contributed by atoms with Gasteiger partial charge in [-0.15, -0.1) is 0 Å². The highest BCUT2D eigenvalue weighted by Gasteiger charge is 2.34. The standard InChI is InChI=1S/C14H21NO/c1-14(2,9-15)11-7-3-5-10-6-4-8-12(16)13(10)11/h4,6,8,11,16H,3,5,7,9,15H2,1-2H3. The van der Waals surface area contributed by atoms with E-state index < -0.39 is 0 Å². The molecule has 1 aliphatic carbocycles. The summed E-state index contributed by atoms with van der Waals surface area (Å²) >= 11 is 0. The summed E-state index contributed by atoms with van der Waals surface area (Å²) in [5, 5.41) is 10.0. The number of benzene rings is 1. The van der Waals surface area contributed by atoms with E-state index in [1.54, 1.807) is 6.07 Å². The van der Waals surface area contributed by atoms with Crippen molar-refractivity contribution < 1.29 is 5.11 Å². The molecule has 1 unspecified atom stereocenters. The molecule has 0 aromatic heterocycles. The Balaban J connectivity index is 2.47. The van der Waals surface area contributed by atoms with Crippen LogP contribution in [0.1, 0.15) is 43.7 Å². The normalized spacial score (nSPS) is 20.6. The molecular formula is C14H21NO. The van der Waals surface area contributed by atoms with E-state index in [0.717, 1.165) is 18.4 Å². The second-order valence-corrected chi connectivity index (χ2v) is 5.49. The van der Waals surface area contributed by atoms with Gasteiger partial charge < -0.3 is 10.8 Å². The number of phenolic OH excluding ortho intramolecular Hbond substituents is 1. The van der Waals surface area contributed by atoms with Gasteiger partial charge in [0.15, 0.2) is 0 Å². The minimum absolute atomic E-state index is 0.0635. The van der Waals surface area contributed by atoms with Gasteiger partial charge in [-0.25, -0.2) is 0 Å². The highest BCUT2D eigenvalue weighted by Crippen LogP contribution is 2.46. The molecule has 2 rings (SSSR count). The van der Waals surface area contributed by atoms with Gasteiger partial charge in [0.2, 0.25) is 0 Å². The van der Waals surface area contributed by atoms with Crippen molar-refractivity contribution in [3.05, 3.63) is 29.3 Å². The van der Waals surface area contributed by atoms with Crippen molar-refractivity contribution in [1.82, 2.24) is 0 Å². The fourth-order valence-electron chi connectivity index (χ4n) is 2.78. The van der Waals surface area contributed by atoms with Crippen LogP contribution < -0.4 is 5.73 Å². The Kier molecular flexibility index (Phi) is 2.94. The number of hydrogen-bond acceptors (Lipinski definition) is 2. The van der Waals surface area contributed by atoms with Crippen LogP contribution in [-0.4, -0.2) is 11.7 Å². The number of fused-ring (bicyclic) bond motifs is 1. The summed E-state index contributed by atoms with van der Waals surface area (Å²) in [5.41, 5.74) is 8.37. The molecule has 0 heterocycles. The fourth-order valence-corrected chi connectivity index (χ4v) is 2.78. The number of aryl methyl sites for hydroxylation is 1. The summed E-state index contributed by atoms with van der Waals surface area (Å²) in [6.45, 7) is 5.05. The highest BCUT2D eigenvalue weighted by molar-refractivity contribution is 5.44. The van der Waals surface area contributed by atoms with Crippen molar-refractivity contribution in [3.8, 4) is 5.75 Å². The third-order valence-electron chi connectivity index (χ3n) is 3.93. The topological polar surface area (TPSA) is 46.2 Å². The van der Waals surface area contributed by atoms with Crippen LogP contribution in [0, 0.1) is 5.41 Å². The number of aromatic hydroxyl groups is 1. The van der Waals surface area contributed by atoms with Crippen molar-refractivity contribution in [2.24, 2.45) is 11.1 Å². The summed E-state index contributed by atoms with van der Waals surface area (Å²) in [6.07, 6.45) is 3.42. The van der Waals surface area contributed by atoms with Gasteiger partial charge in [0, 0.05) is 5.56 Å². The van der Waals surface area contributed by atoms with Gasteiger partial charge in [0.25, 0.3) is 0 Å². The molecule has 0 radical (unpaired) electrons.